The SMILES string of the molecule is Cc1cccc(C2CC(Nc3cc(F)c(C)cc3F)C2)c1. The minimum Gasteiger partial charge on any atom is -0.380 e. The predicted molar refractivity (Wildman–Crippen MR) is 81.7 cm³/mol. The van der Waals surface area contributed by atoms with Gasteiger partial charge in [0.25, 0.3) is 0 Å². The molecule has 1 fully saturated rings. The molecular weight excluding hydrogens is 268 g/mol. The highest BCUT2D eigenvalue weighted by molar-refractivity contribution is 5.48. The molecule has 1 aliphatic rings. The van der Waals surface area contributed by atoms with Crippen LogP contribution in [0.15, 0.2) is 36.4 Å². The first-order valence-electron chi connectivity index (χ1n) is 7.31. The van der Waals surface area contributed by atoms with Crippen LogP contribution < -0.4 is 5.32 Å². The highest BCUT2D eigenvalue weighted by atomic mass is 19.1. The van der Waals surface area contributed by atoms with E-state index in [-0.39, 0.29) is 23.4 Å². The Kier molecular flexibility index (Phi) is 3.66. The number of hydrogen-bond donors (Lipinski definition) is 1. The number of aryl methyl sites for hydroxylation is 2. The maximum absolute atomic E-state index is 13.8. The van der Waals surface area contributed by atoms with Gasteiger partial charge in [-0.3, -0.25) is 0 Å². The van der Waals surface area contributed by atoms with Crippen LogP contribution in [-0.4, -0.2) is 6.04 Å². The lowest BCUT2D eigenvalue weighted by molar-refractivity contribution is 0.372. The molecule has 0 bridgehead atoms. The lowest BCUT2D eigenvalue weighted by Gasteiger charge is -2.37. The maximum Gasteiger partial charge on any atom is 0.146 e. The molecule has 0 radical (unpaired) electrons. The van der Waals surface area contributed by atoms with Gasteiger partial charge in [-0.2, -0.15) is 0 Å². The molecule has 0 amide bonds. The number of rotatable bonds is 3. The second kappa shape index (κ2) is 5.47. The summed E-state index contributed by atoms with van der Waals surface area (Å²) in [5.74, 6) is -0.234. The minimum atomic E-state index is -0.382. The standard InChI is InChI=1S/C18H19F2N/c1-11-4-3-5-13(6-11)14-8-15(9-14)21-18-10-16(19)12(2)7-17(18)20/h3-7,10,14-15,21H,8-9H2,1-2H3. The van der Waals surface area contributed by atoms with Gasteiger partial charge in [-0.15, -0.1) is 0 Å². The predicted octanol–water partition coefficient (Wildman–Crippen LogP) is 4.94. The van der Waals surface area contributed by atoms with Crippen molar-refractivity contribution in [1.82, 2.24) is 0 Å². The van der Waals surface area contributed by atoms with Gasteiger partial charge in [-0.25, -0.2) is 8.78 Å². The molecular formula is C18H19F2N. The van der Waals surface area contributed by atoms with E-state index in [1.165, 1.54) is 23.3 Å². The molecule has 0 saturated heterocycles. The molecule has 1 N–H and O–H groups in total. The Morgan fingerprint density at radius 1 is 1.00 bits per heavy atom. The Hall–Kier alpha value is -1.90. The topological polar surface area (TPSA) is 12.0 Å². The number of halogens is 2. The lowest BCUT2D eigenvalue weighted by Crippen LogP contribution is -2.34. The summed E-state index contributed by atoms with van der Waals surface area (Å²) >= 11 is 0. The molecule has 21 heavy (non-hydrogen) atoms. The first-order chi connectivity index (χ1) is 10.0. The Morgan fingerprint density at radius 3 is 2.48 bits per heavy atom. The zero-order valence-corrected chi connectivity index (χ0v) is 12.3. The molecule has 3 rings (SSSR count). The van der Waals surface area contributed by atoms with Crippen LogP contribution in [0.5, 0.6) is 0 Å². The molecule has 1 nitrogen and oxygen atoms in total. The fourth-order valence-corrected chi connectivity index (χ4v) is 2.91. The van der Waals surface area contributed by atoms with Crippen LogP contribution in [0.2, 0.25) is 0 Å². The Bertz CT molecular complexity index is 660. The van der Waals surface area contributed by atoms with E-state index in [9.17, 15) is 8.78 Å². The lowest BCUT2D eigenvalue weighted by atomic mass is 9.75. The van der Waals surface area contributed by atoms with Crippen molar-refractivity contribution in [2.24, 2.45) is 0 Å². The van der Waals surface area contributed by atoms with Crippen LogP contribution in [0, 0.1) is 25.5 Å². The number of anilines is 1. The monoisotopic (exact) mass is 287 g/mol. The molecule has 3 heteroatoms. The smallest absolute Gasteiger partial charge is 0.146 e. The summed E-state index contributed by atoms with van der Waals surface area (Å²) in [6.07, 6.45) is 1.91. The summed E-state index contributed by atoms with van der Waals surface area (Å²) in [5.41, 5.74) is 3.20. The van der Waals surface area contributed by atoms with Gasteiger partial charge < -0.3 is 5.32 Å². The van der Waals surface area contributed by atoms with Crippen molar-refractivity contribution in [2.45, 2.75) is 38.6 Å². The zero-order chi connectivity index (χ0) is 15.0. The fourth-order valence-electron chi connectivity index (χ4n) is 2.91. The molecule has 110 valence electrons. The zero-order valence-electron chi connectivity index (χ0n) is 12.3. The van der Waals surface area contributed by atoms with Gasteiger partial charge in [0.1, 0.15) is 11.6 Å². The van der Waals surface area contributed by atoms with Crippen LogP contribution in [-0.2, 0) is 0 Å². The van der Waals surface area contributed by atoms with Crippen molar-refractivity contribution in [1.29, 1.82) is 0 Å². The van der Waals surface area contributed by atoms with E-state index >= 15 is 0 Å². The third-order valence-corrected chi connectivity index (χ3v) is 4.26. The number of benzene rings is 2. The summed E-state index contributed by atoms with van der Waals surface area (Å²) in [6, 6.07) is 11.2. The van der Waals surface area contributed by atoms with Crippen molar-refractivity contribution in [3.63, 3.8) is 0 Å². The summed E-state index contributed by atoms with van der Waals surface area (Å²) in [7, 11) is 0. The fraction of sp³-hybridized carbons (Fsp3) is 0.333. The van der Waals surface area contributed by atoms with E-state index in [4.69, 9.17) is 0 Å². The first-order valence-corrected chi connectivity index (χ1v) is 7.31. The summed E-state index contributed by atoms with van der Waals surface area (Å²) in [4.78, 5) is 0. The largest absolute Gasteiger partial charge is 0.380 e. The van der Waals surface area contributed by atoms with Gasteiger partial charge in [-0.05, 0) is 49.8 Å². The molecule has 0 spiro atoms. The van der Waals surface area contributed by atoms with Crippen LogP contribution in [0.1, 0.15) is 35.4 Å². The summed E-state index contributed by atoms with van der Waals surface area (Å²) in [6.45, 7) is 3.65. The van der Waals surface area contributed by atoms with Gasteiger partial charge in [0.2, 0.25) is 0 Å². The molecule has 0 aliphatic heterocycles. The second-order valence-electron chi connectivity index (χ2n) is 6.00. The van der Waals surface area contributed by atoms with Crippen molar-refractivity contribution in [3.8, 4) is 0 Å². The van der Waals surface area contributed by atoms with E-state index in [1.807, 2.05) is 0 Å². The quantitative estimate of drug-likeness (QED) is 0.843. The van der Waals surface area contributed by atoms with Gasteiger partial charge in [0.05, 0.1) is 5.69 Å². The summed E-state index contributed by atoms with van der Waals surface area (Å²) < 4.78 is 27.3. The highest BCUT2D eigenvalue weighted by Crippen LogP contribution is 2.39. The summed E-state index contributed by atoms with van der Waals surface area (Å²) in [5, 5.41) is 3.11. The van der Waals surface area contributed by atoms with Crippen LogP contribution in [0.3, 0.4) is 0 Å². The van der Waals surface area contributed by atoms with E-state index < -0.39 is 0 Å². The van der Waals surface area contributed by atoms with Crippen molar-refractivity contribution < 1.29 is 8.78 Å². The van der Waals surface area contributed by atoms with Gasteiger partial charge in [0.15, 0.2) is 0 Å². The van der Waals surface area contributed by atoms with Gasteiger partial charge in [-0.1, -0.05) is 29.8 Å². The van der Waals surface area contributed by atoms with Crippen molar-refractivity contribution in [3.05, 3.63) is 64.7 Å². The minimum absolute atomic E-state index is 0.215. The number of hydrogen-bond acceptors (Lipinski definition) is 1. The molecule has 1 aliphatic carbocycles. The van der Waals surface area contributed by atoms with Crippen LogP contribution >= 0.6 is 0 Å². The highest BCUT2D eigenvalue weighted by Gasteiger charge is 2.30. The molecule has 0 aromatic heterocycles. The van der Waals surface area contributed by atoms with Gasteiger partial charge >= 0.3 is 0 Å². The van der Waals surface area contributed by atoms with Gasteiger partial charge in [0, 0.05) is 12.1 Å². The van der Waals surface area contributed by atoms with Crippen molar-refractivity contribution >= 4 is 5.69 Å². The maximum atomic E-state index is 13.8. The molecule has 0 atom stereocenters. The molecule has 2 aromatic carbocycles. The average Bonchev–Trinajstić information content (AvgIpc) is 2.39. The first kappa shape index (κ1) is 14.1. The Morgan fingerprint density at radius 2 is 1.76 bits per heavy atom. The third-order valence-electron chi connectivity index (χ3n) is 4.26. The van der Waals surface area contributed by atoms with E-state index in [0.717, 1.165) is 12.8 Å². The van der Waals surface area contributed by atoms with Crippen molar-refractivity contribution in [2.75, 3.05) is 5.32 Å². The average molecular weight is 287 g/mol. The van der Waals surface area contributed by atoms with E-state index in [0.29, 0.717) is 11.5 Å². The molecule has 0 heterocycles. The Balaban J connectivity index is 1.64. The van der Waals surface area contributed by atoms with Crippen LogP contribution in [0.4, 0.5) is 14.5 Å². The van der Waals surface area contributed by atoms with E-state index in [2.05, 4.69) is 36.5 Å². The number of nitrogens with one attached hydrogen (secondary N) is 1. The Labute approximate surface area is 124 Å². The molecule has 2 aromatic rings. The molecule has 0 unspecified atom stereocenters. The van der Waals surface area contributed by atoms with E-state index in [1.54, 1.807) is 6.92 Å². The second-order valence-corrected chi connectivity index (χ2v) is 6.00. The molecule has 1 saturated carbocycles. The van der Waals surface area contributed by atoms with Crippen LogP contribution in [0.25, 0.3) is 0 Å². The normalized spacial score (nSPS) is 21.0. The third kappa shape index (κ3) is 2.92.